The molecule has 0 saturated carbocycles. The molecule has 7 rings (SSSR count). The Balaban J connectivity index is 1.15. The summed E-state index contributed by atoms with van der Waals surface area (Å²) in [6, 6.07) is 19.4. The standard InChI is InChI=1S/C38H42S4/c1-3-5-7-9-11-13-15-25-17-19-27-31(23-25)39-35-29-21-22-30-36-34(42-38(30)37(29)41-33(27)35)28-20-18-26(24-32(28)40-36)16-14-12-10-8-6-4-2/h17-24H,3-16H2,1-2H3. The minimum atomic E-state index is 1.22. The third kappa shape index (κ3) is 5.54. The van der Waals surface area contributed by atoms with Crippen LogP contribution < -0.4 is 0 Å². The van der Waals surface area contributed by atoms with Gasteiger partial charge >= 0.3 is 0 Å². The fourth-order valence-electron chi connectivity index (χ4n) is 6.65. The Labute approximate surface area is 266 Å². The fraction of sp³-hybridized carbons (Fsp3) is 0.421. The number of hydrogen-bond acceptors (Lipinski definition) is 4. The SMILES string of the molecule is CCCCCCCCc1ccc2c(c1)sc1c3ccc4c5sc6cc(CCCCCCCC)ccc6c5sc4c3sc21. The molecule has 0 fully saturated rings. The van der Waals surface area contributed by atoms with Gasteiger partial charge in [0.05, 0.1) is 28.2 Å². The van der Waals surface area contributed by atoms with E-state index in [4.69, 9.17) is 0 Å². The Bertz CT molecular complexity index is 1830. The van der Waals surface area contributed by atoms with Crippen LogP contribution in [0.5, 0.6) is 0 Å². The topological polar surface area (TPSA) is 0 Å². The Morgan fingerprint density at radius 1 is 0.381 bits per heavy atom. The Hall–Kier alpha value is -1.98. The highest BCUT2D eigenvalue weighted by Gasteiger charge is 2.19. The predicted octanol–water partition coefficient (Wildman–Crippen LogP) is 14.7. The molecule has 0 amide bonds. The van der Waals surface area contributed by atoms with Gasteiger partial charge in [0.25, 0.3) is 0 Å². The van der Waals surface area contributed by atoms with Gasteiger partial charge in [0.2, 0.25) is 0 Å². The summed E-state index contributed by atoms with van der Waals surface area (Å²) < 4.78 is 11.9. The van der Waals surface area contributed by atoms with Gasteiger partial charge in [-0.3, -0.25) is 0 Å². The molecular formula is C38H42S4. The average Bonchev–Trinajstić information content (AvgIpc) is 3.74. The van der Waals surface area contributed by atoms with Crippen LogP contribution in [-0.4, -0.2) is 0 Å². The molecule has 0 aliphatic heterocycles. The van der Waals surface area contributed by atoms with E-state index in [0.717, 1.165) is 0 Å². The average molecular weight is 627 g/mol. The van der Waals surface area contributed by atoms with Gasteiger partial charge in [-0.1, -0.05) is 114 Å². The maximum Gasteiger partial charge on any atom is 0.0543 e. The molecular weight excluding hydrogens is 585 g/mol. The molecule has 0 aliphatic rings. The van der Waals surface area contributed by atoms with Crippen molar-refractivity contribution in [1.29, 1.82) is 0 Å². The number of unbranched alkanes of at least 4 members (excludes halogenated alkanes) is 10. The van der Waals surface area contributed by atoms with Crippen molar-refractivity contribution in [1.82, 2.24) is 0 Å². The molecule has 0 spiro atoms. The second-order valence-corrected chi connectivity index (χ2v) is 16.4. The molecule has 4 heterocycles. The summed E-state index contributed by atoms with van der Waals surface area (Å²) in [5.74, 6) is 0. The summed E-state index contributed by atoms with van der Waals surface area (Å²) in [7, 11) is 0. The van der Waals surface area contributed by atoms with Crippen LogP contribution in [0.25, 0.3) is 59.1 Å². The first-order chi connectivity index (χ1) is 20.7. The third-order valence-corrected chi connectivity index (χ3v) is 14.3. The molecule has 0 radical (unpaired) electrons. The van der Waals surface area contributed by atoms with Crippen molar-refractivity contribution in [2.75, 3.05) is 0 Å². The van der Waals surface area contributed by atoms with Gasteiger partial charge in [-0.2, -0.15) is 0 Å². The summed E-state index contributed by atoms with van der Waals surface area (Å²) in [5.41, 5.74) is 3.03. The Kier molecular flexibility index (Phi) is 8.86. The monoisotopic (exact) mass is 626 g/mol. The molecule has 4 heteroatoms. The minimum absolute atomic E-state index is 1.22. The van der Waals surface area contributed by atoms with Crippen molar-refractivity contribution in [2.45, 2.75) is 104 Å². The fourth-order valence-corrected chi connectivity index (χ4v) is 12.4. The van der Waals surface area contributed by atoms with Crippen LogP contribution in [0.4, 0.5) is 0 Å². The number of rotatable bonds is 14. The smallest absolute Gasteiger partial charge is 0.0543 e. The summed E-state index contributed by atoms with van der Waals surface area (Å²) in [4.78, 5) is 0. The third-order valence-electron chi connectivity index (χ3n) is 9.07. The highest BCUT2D eigenvalue weighted by molar-refractivity contribution is 7.41. The van der Waals surface area contributed by atoms with E-state index in [1.54, 1.807) is 0 Å². The van der Waals surface area contributed by atoms with Crippen molar-refractivity contribution >= 4 is 104 Å². The van der Waals surface area contributed by atoms with Crippen molar-refractivity contribution in [3.05, 3.63) is 59.7 Å². The van der Waals surface area contributed by atoms with Crippen molar-refractivity contribution in [3.8, 4) is 0 Å². The Morgan fingerprint density at radius 3 is 1.19 bits per heavy atom. The van der Waals surface area contributed by atoms with Crippen LogP contribution >= 0.6 is 45.3 Å². The first-order valence-corrected chi connectivity index (χ1v) is 19.7. The van der Waals surface area contributed by atoms with E-state index >= 15 is 0 Å². The molecule has 0 saturated heterocycles. The van der Waals surface area contributed by atoms with Gasteiger partial charge in [0, 0.05) is 30.9 Å². The zero-order chi connectivity index (χ0) is 28.5. The molecule has 218 valence electrons. The van der Waals surface area contributed by atoms with E-state index < -0.39 is 0 Å². The zero-order valence-electron chi connectivity index (χ0n) is 25.2. The van der Waals surface area contributed by atoms with Gasteiger partial charge in [-0.05, 0) is 48.9 Å². The largest absolute Gasteiger partial charge is 0.134 e. The maximum absolute atomic E-state index is 2.48. The van der Waals surface area contributed by atoms with Gasteiger partial charge in [0.15, 0.2) is 0 Å². The van der Waals surface area contributed by atoms with E-state index in [1.165, 1.54) is 160 Å². The number of hydrogen-bond donors (Lipinski definition) is 0. The number of thiophene rings is 4. The first-order valence-electron chi connectivity index (χ1n) is 16.4. The zero-order valence-corrected chi connectivity index (χ0v) is 28.4. The summed E-state index contributed by atoms with van der Waals surface area (Å²) in [6.07, 6.45) is 18.8. The lowest BCUT2D eigenvalue weighted by Crippen LogP contribution is -1.85. The number of aryl methyl sites for hydroxylation is 2. The van der Waals surface area contributed by atoms with E-state index in [-0.39, 0.29) is 0 Å². The molecule has 0 unspecified atom stereocenters. The van der Waals surface area contributed by atoms with E-state index in [9.17, 15) is 0 Å². The van der Waals surface area contributed by atoms with Gasteiger partial charge < -0.3 is 0 Å². The molecule has 4 aromatic heterocycles. The Morgan fingerprint density at radius 2 is 0.738 bits per heavy atom. The molecule has 0 nitrogen and oxygen atoms in total. The first kappa shape index (κ1) is 28.8. The molecule has 42 heavy (non-hydrogen) atoms. The second kappa shape index (κ2) is 12.9. The molecule has 0 N–H and O–H groups in total. The van der Waals surface area contributed by atoms with Gasteiger partial charge in [-0.15, -0.1) is 45.3 Å². The predicted molar refractivity (Wildman–Crippen MR) is 197 cm³/mol. The lowest BCUT2D eigenvalue weighted by Gasteiger charge is -2.02. The van der Waals surface area contributed by atoms with Crippen LogP contribution in [0.1, 0.15) is 102 Å². The normalized spacial score (nSPS) is 12.4. The molecule has 3 aromatic carbocycles. The van der Waals surface area contributed by atoms with Crippen LogP contribution in [0.3, 0.4) is 0 Å². The second-order valence-electron chi connectivity index (χ2n) is 12.2. The quantitative estimate of drug-likeness (QED) is 0.105. The van der Waals surface area contributed by atoms with E-state index in [0.29, 0.717) is 0 Å². The van der Waals surface area contributed by atoms with Crippen LogP contribution in [0.15, 0.2) is 48.5 Å². The lowest BCUT2D eigenvalue weighted by molar-refractivity contribution is 0.607. The van der Waals surface area contributed by atoms with E-state index in [2.05, 4.69) is 62.4 Å². The summed E-state index contributed by atoms with van der Waals surface area (Å²) in [6.45, 7) is 4.59. The maximum atomic E-state index is 2.48. The van der Waals surface area contributed by atoms with Crippen molar-refractivity contribution < 1.29 is 0 Å². The van der Waals surface area contributed by atoms with Crippen molar-refractivity contribution in [3.63, 3.8) is 0 Å². The van der Waals surface area contributed by atoms with Crippen molar-refractivity contribution in [2.24, 2.45) is 0 Å². The molecule has 0 atom stereocenters. The molecule has 0 bridgehead atoms. The highest BCUT2D eigenvalue weighted by Crippen LogP contribution is 2.51. The lowest BCUT2D eigenvalue weighted by atomic mass is 10.0. The minimum Gasteiger partial charge on any atom is -0.134 e. The highest BCUT2D eigenvalue weighted by atomic mass is 32.1. The molecule has 7 aromatic rings. The van der Waals surface area contributed by atoms with E-state index in [1.807, 2.05) is 45.3 Å². The van der Waals surface area contributed by atoms with Gasteiger partial charge in [-0.25, -0.2) is 0 Å². The van der Waals surface area contributed by atoms with Crippen LogP contribution in [0, 0.1) is 0 Å². The summed E-state index contributed by atoms with van der Waals surface area (Å²) in [5, 5.41) is 5.83. The number of fused-ring (bicyclic) bond motifs is 11. The van der Waals surface area contributed by atoms with Gasteiger partial charge in [0.1, 0.15) is 0 Å². The van der Waals surface area contributed by atoms with Crippen LogP contribution in [-0.2, 0) is 12.8 Å². The summed E-state index contributed by atoms with van der Waals surface area (Å²) >= 11 is 8.09. The molecule has 0 aliphatic carbocycles. The number of benzene rings is 3. The van der Waals surface area contributed by atoms with Crippen LogP contribution in [0.2, 0.25) is 0 Å².